The van der Waals surface area contributed by atoms with E-state index in [1.54, 1.807) is 0 Å². The van der Waals surface area contributed by atoms with E-state index in [4.69, 9.17) is 5.41 Å². The number of hydrogen-bond donors (Lipinski definition) is 1. The quantitative estimate of drug-likeness (QED) is 0.757. The Balaban J connectivity index is 1.70. The Kier molecular flexibility index (Phi) is 3.66. The van der Waals surface area contributed by atoms with Crippen LogP contribution in [0.25, 0.3) is 0 Å². The Hall–Kier alpha value is -0.530. The van der Waals surface area contributed by atoms with Gasteiger partial charge in [-0.3, -0.25) is 5.41 Å². The molecule has 0 amide bonds. The van der Waals surface area contributed by atoms with Crippen LogP contribution in [0.4, 0.5) is 0 Å². The van der Waals surface area contributed by atoms with Crippen molar-refractivity contribution in [2.75, 3.05) is 13.1 Å². The first kappa shape index (κ1) is 11.0. The monoisotopic (exact) mass is 208 g/mol. The molecule has 1 aliphatic carbocycles. The molecule has 2 unspecified atom stereocenters. The van der Waals surface area contributed by atoms with E-state index in [-0.39, 0.29) is 0 Å². The second kappa shape index (κ2) is 5.00. The van der Waals surface area contributed by atoms with Crippen molar-refractivity contribution >= 4 is 5.84 Å². The summed E-state index contributed by atoms with van der Waals surface area (Å²) in [7, 11) is 0. The lowest BCUT2D eigenvalue weighted by Crippen LogP contribution is -2.27. The molecule has 0 spiro atoms. The molecule has 1 N–H and O–H groups in total. The largest absolute Gasteiger partial charge is 0.361 e. The van der Waals surface area contributed by atoms with Gasteiger partial charge in [-0.2, -0.15) is 0 Å². The molecule has 1 aliphatic heterocycles. The van der Waals surface area contributed by atoms with Crippen LogP contribution in [-0.4, -0.2) is 23.8 Å². The van der Waals surface area contributed by atoms with Crippen molar-refractivity contribution in [3.63, 3.8) is 0 Å². The zero-order valence-corrected chi connectivity index (χ0v) is 9.97. The molecule has 0 bridgehead atoms. The fraction of sp³-hybridized carbons (Fsp3) is 0.923. The van der Waals surface area contributed by atoms with Crippen LogP contribution in [0.1, 0.15) is 51.9 Å². The van der Waals surface area contributed by atoms with Gasteiger partial charge >= 0.3 is 0 Å². The molecule has 0 radical (unpaired) electrons. The van der Waals surface area contributed by atoms with Crippen LogP contribution in [0.2, 0.25) is 0 Å². The second-order valence-corrected chi connectivity index (χ2v) is 5.46. The summed E-state index contributed by atoms with van der Waals surface area (Å²) in [6, 6.07) is 0. The van der Waals surface area contributed by atoms with Crippen LogP contribution < -0.4 is 0 Å². The molecular weight excluding hydrogens is 184 g/mol. The van der Waals surface area contributed by atoms with Crippen LogP contribution in [0.5, 0.6) is 0 Å². The molecule has 2 fully saturated rings. The van der Waals surface area contributed by atoms with Gasteiger partial charge in [-0.1, -0.05) is 26.2 Å². The van der Waals surface area contributed by atoms with Gasteiger partial charge in [-0.25, -0.2) is 0 Å². The summed E-state index contributed by atoms with van der Waals surface area (Å²) in [6.45, 7) is 4.68. The SMILES string of the molecule is CC1CCCC(CCN2CCCC2=N)C1. The lowest BCUT2D eigenvalue weighted by Gasteiger charge is -2.28. The average Bonchev–Trinajstić information content (AvgIpc) is 2.61. The lowest BCUT2D eigenvalue weighted by molar-refractivity contribution is 0.252. The van der Waals surface area contributed by atoms with Crippen LogP contribution >= 0.6 is 0 Å². The highest BCUT2D eigenvalue weighted by molar-refractivity contribution is 5.80. The Morgan fingerprint density at radius 3 is 2.87 bits per heavy atom. The van der Waals surface area contributed by atoms with E-state index in [2.05, 4.69) is 11.8 Å². The maximum atomic E-state index is 7.79. The summed E-state index contributed by atoms with van der Waals surface area (Å²) in [5.41, 5.74) is 0. The number of amidine groups is 1. The van der Waals surface area contributed by atoms with Crippen molar-refractivity contribution in [2.45, 2.75) is 51.9 Å². The Morgan fingerprint density at radius 1 is 1.33 bits per heavy atom. The van der Waals surface area contributed by atoms with E-state index in [1.807, 2.05) is 0 Å². The van der Waals surface area contributed by atoms with Crippen molar-refractivity contribution in [3.8, 4) is 0 Å². The summed E-state index contributed by atoms with van der Waals surface area (Å²) in [5, 5.41) is 7.79. The number of nitrogens with zero attached hydrogens (tertiary/aromatic N) is 1. The second-order valence-electron chi connectivity index (χ2n) is 5.46. The summed E-state index contributed by atoms with van der Waals surface area (Å²) >= 11 is 0. The van der Waals surface area contributed by atoms with Crippen molar-refractivity contribution in [1.29, 1.82) is 5.41 Å². The number of likely N-dealkylation sites (tertiary alicyclic amines) is 1. The first-order chi connectivity index (χ1) is 7.25. The van der Waals surface area contributed by atoms with Crippen molar-refractivity contribution < 1.29 is 0 Å². The molecule has 0 aromatic rings. The first-order valence-electron chi connectivity index (χ1n) is 6.58. The predicted molar refractivity (Wildman–Crippen MR) is 64.3 cm³/mol. The van der Waals surface area contributed by atoms with E-state index in [0.29, 0.717) is 0 Å². The Morgan fingerprint density at radius 2 is 2.20 bits per heavy atom. The van der Waals surface area contributed by atoms with Crippen molar-refractivity contribution in [2.24, 2.45) is 11.8 Å². The molecule has 0 aromatic heterocycles. The zero-order valence-electron chi connectivity index (χ0n) is 9.97. The normalized spacial score (nSPS) is 32.3. The van der Waals surface area contributed by atoms with Crippen LogP contribution in [-0.2, 0) is 0 Å². The molecule has 86 valence electrons. The molecule has 2 heteroatoms. The van der Waals surface area contributed by atoms with Gasteiger partial charge in [0.25, 0.3) is 0 Å². The molecule has 2 atom stereocenters. The fourth-order valence-corrected chi connectivity index (χ4v) is 3.14. The maximum Gasteiger partial charge on any atom is 0.0958 e. The summed E-state index contributed by atoms with van der Waals surface area (Å²) in [5.74, 6) is 2.78. The van der Waals surface area contributed by atoms with Gasteiger partial charge in [-0.15, -0.1) is 0 Å². The topological polar surface area (TPSA) is 27.1 Å². The van der Waals surface area contributed by atoms with Crippen LogP contribution in [0, 0.1) is 17.2 Å². The molecule has 2 aliphatic rings. The highest BCUT2D eigenvalue weighted by Gasteiger charge is 2.21. The third-order valence-electron chi connectivity index (χ3n) is 4.08. The van der Waals surface area contributed by atoms with E-state index >= 15 is 0 Å². The standard InChI is InChI=1S/C13H24N2/c1-11-4-2-5-12(10-11)7-9-15-8-3-6-13(15)14/h11-12,14H,2-10H2,1H3. The molecule has 2 nitrogen and oxygen atoms in total. The predicted octanol–water partition coefficient (Wildman–Crippen LogP) is 3.28. The summed E-state index contributed by atoms with van der Waals surface area (Å²) in [6.07, 6.45) is 9.29. The van der Waals surface area contributed by atoms with Crippen LogP contribution in [0.15, 0.2) is 0 Å². The zero-order chi connectivity index (χ0) is 10.7. The third kappa shape index (κ3) is 2.96. The van der Waals surface area contributed by atoms with Crippen molar-refractivity contribution in [3.05, 3.63) is 0 Å². The van der Waals surface area contributed by atoms with Crippen LogP contribution in [0.3, 0.4) is 0 Å². The van der Waals surface area contributed by atoms with E-state index in [9.17, 15) is 0 Å². The molecular formula is C13H24N2. The minimum absolute atomic E-state index is 0.888. The fourth-order valence-electron chi connectivity index (χ4n) is 3.14. The molecule has 0 aromatic carbocycles. The number of rotatable bonds is 3. The van der Waals surface area contributed by atoms with Gasteiger partial charge in [0.1, 0.15) is 0 Å². The minimum Gasteiger partial charge on any atom is -0.361 e. The Bertz CT molecular complexity index is 225. The highest BCUT2D eigenvalue weighted by Crippen LogP contribution is 2.31. The number of nitrogens with one attached hydrogen (secondary N) is 1. The first-order valence-corrected chi connectivity index (χ1v) is 6.58. The van der Waals surface area contributed by atoms with Crippen molar-refractivity contribution in [1.82, 2.24) is 4.90 Å². The van der Waals surface area contributed by atoms with E-state index in [1.165, 1.54) is 38.5 Å². The van der Waals surface area contributed by atoms with E-state index in [0.717, 1.165) is 37.2 Å². The molecule has 1 saturated heterocycles. The molecule has 1 heterocycles. The highest BCUT2D eigenvalue weighted by atomic mass is 15.2. The van der Waals surface area contributed by atoms with Gasteiger partial charge in [0.2, 0.25) is 0 Å². The van der Waals surface area contributed by atoms with Gasteiger partial charge < -0.3 is 4.90 Å². The van der Waals surface area contributed by atoms with Gasteiger partial charge in [0.15, 0.2) is 0 Å². The van der Waals surface area contributed by atoms with Gasteiger partial charge in [0, 0.05) is 19.5 Å². The van der Waals surface area contributed by atoms with Gasteiger partial charge in [-0.05, 0) is 31.1 Å². The molecule has 2 rings (SSSR count). The molecule has 15 heavy (non-hydrogen) atoms. The average molecular weight is 208 g/mol. The minimum atomic E-state index is 0.888. The molecule has 1 saturated carbocycles. The Labute approximate surface area is 93.6 Å². The maximum absolute atomic E-state index is 7.79. The summed E-state index contributed by atoms with van der Waals surface area (Å²) in [4.78, 5) is 2.29. The smallest absolute Gasteiger partial charge is 0.0958 e. The third-order valence-corrected chi connectivity index (χ3v) is 4.08. The van der Waals surface area contributed by atoms with Gasteiger partial charge in [0.05, 0.1) is 5.84 Å². The van der Waals surface area contributed by atoms with E-state index < -0.39 is 0 Å². The lowest BCUT2D eigenvalue weighted by atomic mass is 9.81. The summed E-state index contributed by atoms with van der Waals surface area (Å²) < 4.78 is 0. The number of hydrogen-bond acceptors (Lipinski definition) is 1.